The second-order valence-corrected chi connectivity index (χ2v) is 8.75. The lowest BCUT2D eigenvalue weighted by molar-refractivity contribution is -0.127. The Balaban J connectivity index is 1.53. The zero-order valence-electron chi connectivity index (χ0n) is 16.1. The topological polar surface area (TPSA) is 40.6 Å². The number of thiophene rings is 1. The molecule has 0 atom stereocenters. The second kappa shape index (κ2) is 8.09. The number of carbonyl (C=O) groups excluding carboxylic acids is 2. The summed E-state index contributed by atoms with van der Waals surface area (Å²) in [7, 11) is 0. The summed E-state index contributed by atoms with van der Waals surface area (Å²) in [4.78, 5) is 29.2. The lowest BCUT2D eigenvalue weighted by atomic mass is 9.87. The highest BCUT2D eigenvalue weighted by Crippen LogP contribution is 2.22. The summed E-state index contributed by atoms with van der Waals surface area (Å²) in [6.45, 7) is 8.86. The summed E-state index contributed by atoms with van der Waals surface area (Å²) in [5.74, 6) is 0.0599. The Labute approximate surface area is 165 Å². The Kier molecular flexibility index (Phi) is 5.80. The molecule has 2 heterocycles. The van der Waals surface area contributed by atoms with Gasteiger partial charge in [-0.25, -0.2) is 0 Å². The molecular weight excluding hydrogens is 356 g/mol. The van der Waals surface area contributed by atoms with Gasteiger partial charge in [-0.15, -0.1) is 11.3 Å². The molecule has 1 saturated heterocycles. The molecule has 27 heavy (non-hydrogen) atoms. The van der Waals surface area contributed by atoms with Gasteiger partial charge in [0.15, 0.2) is 0 Å². The summed E-state index contributed by atoms with van der Waals surface area (Å²) < 4.78 is 0. The van der Waals surface area contributed by atoms with Crippen molar-refractivity contribution in [3.63, 3.8) is 0 Å². The smallest absolute Gasteiger partial charge is 0.264 e. The summed E-state index contributed by atoms with van der Waals surface area (Å²) in [6, 6.07) is 12.0. The van der Waals surface area contributed by atoms with E-state index in [1.165, 1.54) is 16.9 Å². The highest BCUT2D eigenvalue weighted by Gasteiger charge is 2.24. The Morgan fingerprint density at radius 3 is 2.15 bits per heavy atom. The number of amides is 2. The van der Waals surface area contributed by atoms with Crippen molar-refractivity contribution in [2.24, 2.45) is 0 Å². The van der Waals surface area contributed by atoms with Crippen LogP contribution in [0, 0.1) is 0 Å². The van der Waals surface area contributed by atoms with Gasteiger partial charge in [-0.1, -0.05) is 51.1 Å². The largest absolute Gasteiger partial charge is 0.336 e. The highest BCUT2D eigenvalue weighted by molar-refractivity contribution is 7.12. The maximum atomic E-state index is 12.4. The molecule has 0 bridgehead atoms. The molecule has 2 amide bonds. The Bertz CT molecular complexity index is 809. The number of rotatable bonds is 3. The van der Waals surface area contributed by atoms with Gasteiger partial charge >= 0.3 is 0 Å². The number of nitrogens with zero attached hydrogens (tertiary/aromatic N) is 2. The van der Waals surface area contributed by atoms with Gasteiger partial charge in [-0.2, -0.15) is 0 Å². The maximum Gasteiger partial charge on any atom is 0.264 e. The zero-order valence-corrected chi connectivity index (χ0v) is 17.0. The molecule has 0 unspecified atom stereocenters. The number of carbonyl (C=O) groups is 2. The summed E-state index contributed by atoms with van der Waals surface area (Å²) >= 11 is 1.46. The Morgan fingerprint density at radius 2 is 1.59 bits per heavy atom. The first kappa shape index (κ1) is 19.4. The molecule has 142 valence electrons. The van der Waals surface area contributed by atoms with Crippen LogP contribution in [0.4, 0.5) is 0 Å². The molecule has 2 aromatic rings. The minimum Gasteiger partial charge on any atom is -0.336 e. The fourth-order valence-electron chi connectivity index (χ4n) is 3.05. The normalized spacial score (nSPS) is 15.4. The van der Waals surface area contributed by atoms with E-state index < -0.39 is 0 Å². The number of piperazine rings is 1. The molecule has 0 aliphatic carbocycles. The minimum absolute atomic E-state index is 0.00174. The maximum absolute atomic E-state index is 12.4. The van der Waals surface area contributed by atoms with Crippen LogP contribution < -0.4 is 0 Å². The van der Waals surface area contributed by atoms with E-state index in [2.05, 4.69) is 32.9 Å². The predicted octanol–water partition coefficient (Wildman–Crippen LogP) is 4.04. The number of hydrogen-bond donors (Lipinski definition) is 0. The van der Waals surface area contributed by atoms with Gasteiger partial charge in [0.25, 0.3) is 5.91 Å². The fourth-order valence-corrected chi connectivity index (χ4v) is 3.74. The lowest BCUT2D eigenvalue weighted by Crippen LogP contribution is -2.50. The van der Waals surface area contributed by atoms with Crippen LogP contribution in [0.5, 0.6) is 0 Å². The van der Waals surface area contributed by atoms with Crippen molar-refractivity contribution in [3.8, 4) is 0 Å². The van der Waals surface area contributed by atoms with Crippen molar-refractivity contribution in [2.75, 3.05) is 26.2 Å². The van der Waals surface area contributed by atoms with Crippen LogP contribution in [-0.4, -0.2) is 47.8 Å². The van der Waals surface area contributed by atoms with E-state index >= 15 is 0 Å². The van der Waals surface area contributed by atoms with E-state index in [-0.39, 0.29) is 17.2 Å². The molecule has 0 spiro atoms. The molecule has 3 rings (SSSR count). The van der Waals surface area contributed by atoms with E-state index in [1.54, 1.807) is 11.0 Å². The average Bonchev–Trinajstić information content (AvgIpc) is 3.20. The Hall–Kier alpha value is -2.40. The summed E-state index contributed by atoms with van der Waals surface area (Å²) in [5, 5.41) is 1.91. The molecule has 5 heteroatoms. The fraction of sp³-hybridized carbons (Fsp3) is 0.364. The number of benzene rings is 1. The molecule has 1 aromatic carbocycles. The molecular formula is C22H26N2O2S. The second-order valence-electron chi connectivity index (χ2n) is 7.80. The lowest BCUT2D eigenvalue weighted by Gasteiger charge is -2.34. The summed E-state index contributed by atoms with van der Waals surface area (Å²) in [6.07, 6.45) is 3.49. The highest BCUT2D eigenvalue weighted by atomic mass is 32.1. The van der Waals surface area contributed by atoms with Crippen LogP contribution in [-0.2, 0) is 10.2 Å². The van der Waals surface area contributed by atoms with Gasteiger partial charge in [0.1, 0.15) is 0 Å². The average molecular weight is 383 g/mol. The minimum atomic E-state index is -0.00174. The standard InChI is InChI=1S/C22H26N2O2S/c1-22(2,3)18-9-6-17(7-10-18)8-11-20(25)23-12-14-24(15-13-23)21(26)19-5-4-16-27-19/h4-11,16H,12-15H2,1-3H3/b11-8+. The number of hydrogen-bond acceptors (Lipinski definition) is 3. The third-order valence-electron chi connectivity index (χ3n) is 4.81. The first-order valence-corrected chi connectivity index (χ1v) is 10.1. The molecule has 1 aliphatic rings. The van der Waals surface area contributed by atoms with Gasteiger partial charge in [0.2, 0.25) is 5.91 Å². The quantitative estimate of drug-likeness (QED) is 0.752. The Morgan fingerprint density at radius 1 is 0.963 bits per heavy atom. The zero-order chi connectivity index (χ0) is 19.4. The van der Waals surface area contributed by atoms with Crippen molar-refractivity contribution in [1.82, 2.24) is 9.80 Å². The van der Waals surface area contributed by atoms with Crippen LogP contribution >= 0.6 is 11.3 Å². The van der Waals surface area contributed by atoms with Gasteiger partial charge < -0.3 is 9.80 Å². The van der Waals surface area contributed by atoms with Crippen LogP contribution in [0.2, 0.25) is 0 Å². The van der Waals surface area contributed by atoms with E-state index in [9.17, 15) is 9.59 Å². The van der Waals surface area contributed by atoms with Crippen LogP contribution in [0.3, 0.4) is 0 Å². The predicted molar refractivity (Wildman–Crippen MR) is 111 cm³/mol. The molecule has 1 fully saturated rings. The summed E-state index contributed by atoms with van der Waals surface area (Å²) in [5.41, 5.74) is 2.42. The SMILES string of the molecule is CC(C)(C)c1ccc(/C=C/C(=O)N2CCN(C(=O)c3cccs3)CC2)cc1. The van der Waals surface area contributed by atoms with Crippen LogP contribution in [0.15, 0.2) is 47.9 Å². The molecule has 1 aliphatic heterocycles. The molecule has 0 radical (unpaired) electrons. The van der Waals surface area contributed by atoms with E-state index in [1.807, 2.05) is 40.6 Å². The van der Waals surface area contributed by atoms with E-state index in [4.69, 9.17) is 0 Å². The third-order valence-corrected chi connectivity index (χ3v) is 5.66. The third kappa shape index (κ3) is 4.86. The first-order chi connectivity index (χ1) is 12.8. The molecule has 0 N–H and O–H groups in total. The van der Waals surface area contributed by atoms with Crippen molar-refractivity contribution in [2.45, 2.75) is 26.2 Å². The van der Waals surface area contributed by atoms with Crippen molar-refractivity contribution in [1.29, 1.82) is 0 Å². The van der Waals surface area contributed by atoms with Crippen LogP contribution in [0.25, 0.3) is 6.08 Å². The van der Waals surface area contributed by atoms with E-state index in [0.29, 0.717) is 26.2 Å². The van der Waals surface area contributed by atoms with Crippen molar-refractivity contribution in [3.05, 3.63) is 63.9 Å². The van der Waals surface area contributed by atoms with Gasteiger partial charge in [-0.05, 0) is 34.1 Å². The molecule has 1 aromatic heterocycles. The van der Waals surface area contributed by atoms with Crippen molar-refractivity contribution >= 4 is 29.2 Å². The van der Waals surface area contributed by atoms with E-state index in [0.717, 1.165) is 10.4 Å². The van der Waals surface area contributed by atoms with Gasteiger partial charge in [0, 0.05) is 32.3 Å². The first-order valence-electron chi connectivity index (χ1n) is 9.25. The van der Waals surface area contributed by atoms with Gasteiger partial charge in [-0.3, -0.25) is 9.59 Å². The monoisotopic (exact) mass is 382 g/mol. The van der Waals surface area contributed by atoms with Gasteiger partial charge in [0.05, 0.1) is 4.88 Å². The van der Waals surface area contributed by atoms with Crippen LogP contribution in [0.1, 0.15) is 41.6 Å². The van der Waals surface area contributed by atoms with Crippen molar-refractivity contribution < 1.29 is 9.59 Å². The molecule has 0 saturated carbocycles. The molecule has 4 nitrogen and oxygen atoms in total.